The topological polar surface area (TPSA) is 71.5 Å². The zero-order chi connectivity index (χ0) is 16.4. The van der Waals surface area contributed by atoms with Crippen molar-refractivity contribution >= 4 is 36.7 Å². The summed E-state index contributed by atoms with van der Waals surface area (Å²) in [5, 5.41) is 4.22. The number of sulfonamides is 1. The molecular weight excluding hydrogens is 334 g/mol. The van der Waals surface area contributed by atoms with Crippen LogP contribution in [0.1, 0.15) is 19.8 Å². The summed E-state index contributed by atoms with van der Waals surface area (Å²) in [4.78, 5) is 4.57. The van der Waals surface area contributed by atoms with Gasteiger partial charge in [-0.05, 0) is 38.0 Å². The Morgan fingerprint density at radius 1 is 1.48 bits per heavy atom. The third kappa shape index (κ3) is 3.59. The molecule has 1 aromatic carbocycles. The van der Waals surface area contributed by atoms with E-state index in [1.54, 1.807) is 29.7 Å². The van der Waals surface area contributed by atoms with E-state index >= 15 is 0 Å². The van der Waals surface area contributed by atoms with Gasteiger partial charge in [-0.2, -0.15) is 4.31 Å². The number of thiazole rings is 1. The summed E-state index contributed by atoms with van der Waals surface area (Å²) in [6.07, 6.45) is 1.82. The Balaban J connectivity index is 1.74. The number of benzene rings is 1. The molecule has 1 fully saturated rings. The summed E-state index contributed by atoms with van der Waals surface area (Å²) in [6, 6.07) is 5.90. The van der Waals surface area contributed by atoms with E-state index in [1.807, 2.05) is 18.2 Å². The van der Waals surface area contributed by atoms with Gasteiger partial charge in [0.15, 0.2) is 5.13 Å². The summed E-state index contributed by atoms with van der Waals surface area (Å²) >= 11 is 1.56. The lowest BCUT2D eigenvalue weighted by Crippen LogP contribution is -2.45. The maximum absolute atomic E-state index is 12.0. The van der Waals surface area contributed by atoms with Gasteiger partial charge in [0, 0.05) is 19.1 Å². The summed E-state index contributed by atoms with van der Waals surface area (Å²) < 4.78 is 31.9. The molecule has 1 aromatic heterocycles. The second-order valence-corrected chi connectivity index (χ2v) is 8.88. The Morgan fingerprint density at radius 2 is 2.30 bits per heavy atom. The summed E-state index contributed by atoms with van der Waals surface area (Å²) in [5.41, 5.74) is 0.923. The standard InChI is InChI=1S/C15H21N3O3S2/c1-3-23(19,20)18-8-4-5-11(10-18)16-15-17-13-7-6-12(21-2)9-14(13)22-15/h6-7,9,11H,3-5,8,10H2,1-2H3,(H,16,17)/t11-/m0/s1. The van der Waals surface area contributed by atoms with Crippen LogP contribution in [0, 0.1) is 0 Å². The van der Waals surface area contributed by atoms with Crippen LogP contribution < -0.4 is 10.1 Å². The number of ether oxygens (including phenoxy) is 1. The second kappa shape index (κ2) is 6.62. The fourth-order valence-corrected chi connectivity index (χ4v) is 4.91. The second-order valence-electron chi connectivity index (χ2n) is 5.59. The van der Waals surface area contributed by atoms with Crippen molar-refractivity contribution in [3.05, 3.63) is 18.2 Å². The minimum atomic E-state index is -3.12. The smallest absolute Gasteiger partial charge is 0.213 e. The molecule has 0 bridgehead atoms. The largest absolute Gasteiger partial charge is 0.497 e. The first-order valence-electron chi connectivity index (χ1n) is 7.71. The van der Waals surface area contributed by atoms with E-state index in [0.29, 0.717) is 13.1 Å². The molecular formula is C15H21N3O3S2. The van der Waals surface area contributed by atoms with E-state index in [0.717, 1.165) is 33.9 Å². The minimum absolute atomic E-state index is 0.104. The van der Waals surface area contributed by atoms with Gasteiger partial charge in [0.1, 0.15) is 5.75 Å². The number of nitrogens with zero attached hydrogens (tertiary/aromatic N) is 2. The van der Waals surface area contributed by atoms with Crippen LogP contribution in [0.2, 0.25) is 0 Å². The normalized spacial score (nSPS) is 19.8. The molecule has 3 rings (SSSR count). The maximum atomic E-state index is 12.0. The fourth-order valence-electron chi connectivity index (χ4n) is 2.76. The van der Waals surface area contributed by atoms with E-state index in [-0.39, 0.29) is 11.8 Å². The van der Waals surface area contributed by atoms with E-state index < -0.39 is 10.0 Å². The lowest BCUT2D eigenvalue weighted by molar-refractivity contribution is 0.327. The van der Waals surface area contributed by atoms with Crippen LogP contribution in [-0.4, -0.2) is 49.7 Å². The van der Waals surface area contributed by atoms with E-state index in [2.05, 4.69) is 10.3 Å². The highest BCUT2D eigenvalue weighted by Crippen LogP contribution is 2.30. The van der Waals surface area contributed by atoms with Crippen molar-refractivity contribution in [3.63, 3.8) is 0 Å². The van der Waals surface area contributed by atoms with E-state index in [1.165, 1.54) is 0 Å². The number of piperidine rings is 1. The van der Waals surface area contributed by atoms with Crippen molar-refractivity contribution in [2.45, 2.75) is 25.8 Å². The molecule has 8 heteroatoms. The first-order valence-corrected chi connectivity index (χ1v) is 10.1. The number of hydrogen-bond acceptors (Lipinski definition) is 6. The first kappa shape index (κ1) is 16.5. The summed E-state index contributed by atoms with van der Waals surface area (Å²) in [7, 11) is -1.48. The van der Waals surface area contributed by atoms with Crippen LogP contribution in [0.25, 0.3) is 10.2 Å². The first-order chi connectivity index (χ1) is 11.0. The molecule has 2 heterocycles. The van der Waals surface area contributed by atoms with E-state index in [4.69, 9.17) is 4.74 Å². The number of hydrogen-bond donors (Lipinski definition) is 1. The molecule has 126 valence electrons. The van der Waals surface area contributed by atoms with Crippen molar-refractivity contribution in [1.82, 2.24) is 9.29 Å². The molecule has 0 radical (unpaired) electrons. The molecule has 1 atom stereocenters. The average molecular weight is 355 g/mol. The molecule has 23 heavy (non-hydrogen) atoms. The number of methoxy groups -OCH3 is 1. The number of fused-ring (bicyclic) bond motifs is 1. The molecule has 0 amide bonds. The van der Waals surface area contributed by atoms with Crippen molar-refractivity contribution in [2.24, 2.45) is 0 Å². The van der Waals surface area contributed by atoms with Crippen LogP contribution in [0.3, 0.4) is 0 Å². The van der Waals surface area contributed by atoms with Gasteiger partial charge >= 0.3 is 0 Å². The van der Waals surface area contributed by atoms with Crippen LogP contribution in [-0.2, 0) is 10.0 Å². The molecule has 2 aromatic rings. The number of anilines is 1. The molecule has 1 aliphatic heterocycles. The van der Waals surface area contributed by atoms with Gasteiger partial charge in [0.2, 0.25) is 10.0 Å². The van der Waals surface area contributed by atoms with Gasteiger partial charge in [0.25, 0.3) is 0 Å². The van der Waals surface area contributed by atoms with Gasteiger partial charge < -0.3 is 10.1 Å². The Morgan fingerprint density at radius 3 is 3.04 bits per heavy atom. The van der Waals surface area contributed by atoms with Gasteiger partial charge in [-0.3, -0.25) is 0 Å². The highest BCUT2D eigenvalue weighted by atomic mass is 32.2. The molecule has 1 saturated heterocycles. The predicted octanol–water partition coefficient (Wildman–Crippen LogP) is 2.53. The van der Waals surface area contributed by atoms with Crippen LogP contribution in [0.15, 0.2) is 18.2 Å². The van der Waals surface area contributed by atoms with Gasteiger partial charge in [-0.25, -0.2) is 13.4 Å². The third-order valence-corrected chi connectivity index (χ3v) is 6.86. The van der Waals surface area contributed by atoms with E-state index in [9.17, 15) is 8.42 Å². The Kier molecular flexibility index (Phi) is 4.74. The summed E-state index contributed by atoms with van der Waals surface area (Å²) in [5.74, 6) is 0.964. The average Bonchev–Trinajstić information content (AvgIpc) is 2.96. The Bertz CT molecular complexity index is 788. The third-order valence-electron chi connectivity index (χ3n) is 4.07. The van der Waals surface area contributed by atoms with Gasteiger partial charge in [-0.1, -0.05) is 11.3 Å². The fraction of sp³-hybridized carbons (Fsp3) is 0.533. The molecule has 6 nitrogen and oxygen atoms in total. The SMILES string of the molecule is CCS(=O)(=O)N1CCC[C@H](Nc2nc3ccc(OC)cc3s2)C1. The molecule has 0 spiro atoms. The highest BCUT2D eigenvalue weighted by molar-refractivity contribution is 7.89. The highest BCUT2D eigenvalue weighted by Gasteiger charge is 2.28. The molecule has 1 aliphatic rings. The van der Waals surface area contributed by atoms with Crippen LogP contribution in [0.4, 0.5) is 5.13 Å². The van der Waals surface area contributed by atoms with Crippen molar-refractivity contribution < 1.29 is 13.2 Å². The van der Waals surface area contributed by atoms with Gasteiger partial charge in [0.05, 0.1) is 23.1 Å². The number of rotatable bonds is 5. The van der Waals surface area contributed by atoms with Crippen LogP contribution in [0.5, 0.6) is 5.75 Å². The predicted molar refractivity (Wildman–Crippen MR) is 93.9 cm³/mol. The minimum Gasteiger partial charge on any atom is -0.497 e. The maximum Gasteiger partial charge on any atom is 0.213 e. The lowest BCUT2D eigenvalue weighted by atomic mass is 10.1. The van der Waals surface area contributed by atoms with Crippen molar-refractivity contribution in [3.8, 4) is 5.75 Å². The van der Waals surface area contributed by atoms with Gasteiger partial charge in [-0.15, -0.1) is 0 Å². The van der Waals surface area contributed by atoms with Crippen molar-refractivity contribution in [1.29, 1.82) is 0 Å². The Labute approximate surface area is 140 Å². The quantitative estimate of drug-likeness (QED) is 0.892. The summed E-state index contributed by atoms with van der Waals surface area (Å²) in [6.45, 7) is 2.81. The monoisotopic (exact) mass is 355 g/mol. The van der Waals surface area contributed by atoms with Crippen molar-refractivity contribution in [2.75, 3.05) is 31.3 Å². The molecule has 0 saturated carbocycles. The molecule has 1 N–H and O–H groups in total. The zero-order valence-electron chi connectivity index (χ0n) is 13.3. The number of aromatic nitrogens is 1. The number of nitrogens with one attached hydrogen (secondary N) is 1. The zero-order valence-corrected chi connectivity index (χ0v) is 14.9. The lowest BCUT2D eigenvalue weighted by Gasteiger charge is -2.31. The molecule has 0 aliphatic carbocycles. The van der Waals surface area contributed by atoms with Crippen LogP contribution >= 0.6 is 11.3 Å². The Hall–Kier alpha value is -1.38. The molecule has 0 unspecified atom stereocenters.